The van der Waals surface area contributed by atoms with E-state index >= 15 is 0 Å². The van der Waals surface area contributed by atoms with Crippen molar-refractivity contribution in [2.75, 3.05) is 6.61 Å². The highest BCUT2D eigenvalue weighted by molar-refractivity contribution is 7.23. The minimum absolute atomic E-state index is 0.0956. The molecule has 3 aromatic heterocycles. The maximum Gasteiger partial charge on any atom is 0.195 e. The van der Waals surface area contributed by atoms with Crippen molar-refractivity contribution in [2.45, 2.75) is 13.5 Å². The van der Waals surface area contributed by atoms with Crippen molar-refractivity contribution in [3.05, 3.63) is 60.7 Å². The first-order valence-electron chi connectivity index (χ1n) is 8.73. The Bertz CT molecular complexity index is 1130. The van der Waals surface area contributed by atoms with E-state index in [1.54, 1.807) is 12.4 Å². The summed E-state index contributed by atoms with van der Waals surface area (Å²) < 4.78 is 6.38. The topological polar surface area (TPSA) is 92.9 Å². The molecule has 4 rings (SSSR count). The fraction of sp³-hybridized carbons (Fsp3) is 0.150. The van der Waals surface area contributed by atoms with Gasteiger partial charge in [0, 0.05) is 18.0 Å². The van der Waals surface area contributed by atoms with Crippen molar-refractivity contribution in [3.8, 4) is 21.9 Å². The molecule has 0 amide bonds. The molecule has 4 aromatic rings. The first-order chi connectivity index (χ1) is 13.8. The minimum atomic E-state index is 0.0956. The number of azo groups is 1. The van der Waals surface area contributed by atoms with Gasteiger partial charge in [0.15, 0.2) is 11.6 Å². The second-order valence-electron chi connectivity index (χ2n) is 5.84. The van der Waals surface area contributed by atoms with E-state index in [1.807, 2.05) is 43.3 Å². The lowest BCUT2D eigenvalue weighted by atomic mass is 10.1. The highest BCUT2D eigenvalue weighted by atomic mass is 32.1. The minimum Gasteiger partial charge on any atom is -0.504 e. The monoisotopic (exact) mass is 391 g/mol. The second-order valence-corrected chi connectivity index (χ2v) is 6.87. The van der Waals surface area contributed by atoms with Gasteiger partial charge >= 0.3 is 0 Å². The molecule has 0 atom stereocenters. The van der Waals surface area contributed by atoms with Crippen LogP contribution in [0.25, 0.3) is 20.7 Å². The van der Waals surface area contributed by atoms with E-state index in [4.69, 9.17) is 4.74 Å². The normalized spacial score (nSPS) is 11.3. The van der Waals surface area contributed by atoms with Crippen molar-refractivity contribution in [3.63, 3.8) is 0 Å². The van der Waals surface area contributed by atoms with Gasteiger partial charge < -0.3 is 9.84 Å². The molecule has 28 heavy (non-hydrogen) atoms. The Labute approximate surface area is 165 Å². The Morgan fingerprint density at radius 3 is 2.86 bits per heavy atom. The van der Waals surface area contributed by atoms with E-state index in [9.17, 15) is 5.11 Å². The van der Waals surface area contributed by atoms with E-state index in [0.29, 0.717) is 39.8 Å². The summed E-state index contributed by atoms with van der Waals surface area (Å²) in [4.78, 5) is 13.2. The molecule has 1 N–H and O–H groups in total. The molecule has 0 bridgehead atoms. The molecule has 0 saturated heterocycles. The molecular formula is C20H17N5O2S. The Morgan fingerprint density at radius 2 is 2.04 bits per heavy atom. The molecule has 0 unspecified atom stereocenters. The number of thiophene rings is 1. The van der Waals surface area contributed by atoms with E-state index < -0.39 is 0 Å². The van der Waals surface area contributed by atoms with Crippen LogP contribution in [0.15, 0.2) is 65.3 Å². The smallest absolute Gasteiger partial charge is 0.195 e. The van der Waals surface area contributed by atoms with Crippen LogP contribution in [0, 0.1) is 0 Å². The number of para-hydroxylation sites is 1. The lowest BCUT2D eigenvalue weighted by molar-refractivity contribution is 0.341. The SMILES string of the molecule is CCOc1ccccc1-c1sc2c(N=NCc3cccnc3)ncnc2c1O. The number of aromatic nitrogens is 3. The quantitative estimate of drug-likeness (QED) is 0.459. The Hall–Kier alpha value is -3.39. The zero-order chi connectivity index (χ0) is 19.3. The van der Waals surface area contributed by atoms with Crippen LogP contribution >= 0.6 is 11.3 Å². The van der Waals surface area contributed by atoms with Crippen molar-refractivity contribution in [2.24, 2.45) is 10.2 Å². The van der Waals surface area contributed by atoms with Crippen LogP contribution in [-0.4, -0.2) is 26.7 Å². The van der Waals surface area contributed by atoms with Crippen LogP contribution in [0.2, 0.25) is 0 Å². The van der Waals surface area contributed by atoms with Crippen LogP contribution in [0.5, 0.6) is 11.5 Å². The van der Waals surface area contributed by atoms with Crippen molar-refractivity contribution in [1.29, 1.82) is 0 Å². The predicted octanol–water partition coefficient (Wildman–Crippen LogP) is 5.14. The third-order valence-electron chi connectivity index (χ3n) is 4.00. The molecule has 0 fully saturated rings. The van der Waals surface area contributed by atoms with Crippen LogP contribution in [0.4, 0.5) is 5.82 Å². The maximum atomic E-state index is 10.7. The number of nitrogens with zero attached hydrogens (tertiary/aromatic N) is 5. The maximum absolute atomic E-state index is 10.7. The van der Waals surface area contributed by atoms with Gasteiger partial charge in [-0.3, -0.25) is 4.98 Å². The average Bonchev–Trinajstić information content (AvgIpc) is 3.07. The van der Waals surface area contributed by atoms with Crippen LogP contribution in [0.1, 0.15) is 12.5 Å². The Balaban J connectivity index is 1.72. The van der Waals surface area contributed by atoms with E-state index in [1.165, 1.54) is 17.7 Å². The van der Waals surface area contributed by atoms with Crippen LogP contribution in [0.3, 0.4) is 0 Å². The van der Waals surface area contributed by atoms with E-state index in [0.717, 1.165) is 11.1 Å². The molecule has 7 nitrogen and oxygen atoms in total. The molecule has 0 saturated carbocycles. The summed E-state index contributed by atoms with van der Waals surface area (Å²) >= 11 is 1.37. The summed E-state index contributed by atoms with van der Waals surface area (Å²) in [6.45, 7) is 2.86. The molecule has 0 aliphatic heterocycles. The zero-order valence-electron chi connectivity index (χ0n) is 15.1. The van der Waals surface area contributed by atoms with Crippen LogP contribution < -0.4 is 4.74 Å². The highest BCUT2D eigenvalue weighted by Gasteiger charge is 2.20. The molecule has 8 heteroatoms. The van der Waals surface area contributed by atoms with Crippen molar-refractivity contribution < 1.29 is 9.84 Å². The predicted molar refractivity (Wildman–Crippen MR) is 108 cm³/mol. The number of fused-ring (bicyclic) bond motifs is 1. The van der Waals surface area contributed by atoms with E-state index in [2.05, 4.69) is 25.2 Å². The summed E-state index contributed by atoms with van der Waals surface area (Å²) in [6, 6.07) is 11.4. The Morgan fingerprint density at radius 1 is 1.14 bits per heavy atom. The van der Waals surface area contributed by atoms with Crippen molar-refractivity contribution in [1.82, 2.24) is 15.0 Å². The summed E-state index contributed by atoms with van der Waals surface area (Å²) in [6.07, 6.45) is 4.84. The molecular weight excluding hydrogens is 374 g/mol. The average molecular weight is 391 g/mol. The molecule has 140 valence electrons. The van der Waals surface area contributed by atoms with Gasteiger partial charge in [0.25, 0.3) is 0 Å². The lowest BCUT2D eigenvalue weighted by Gasteiger charge is -2.08. The number of aromatic hydroxyl groups is 1. The van der Waals surface area contributed by atoms with Gasteiger partial charge in [-0.05, 0) is 30.7 Å². The zero-order valence-corrected chi connectivity index (χ0v) is 15.9. The molecule has 1 aromatic carbocycles. The molecule has 0 spiro atoms. The summed E-state index contributed by atoms with van der Waals surface area (Å²) in [7, 11) is 0. The highest BCUT2D eigenvalue weighted by Crippen LogP contribution is 2.47. The molecule has 0 aliphatic carbocycles. The van der Waals surface area contributed by atoms with Gasteiger partial charge in [-0.1, -0.05) is 18.2 Å². The third kappa shape index (κ3) is 3.54. The first kappa shape index (κ1) is 18.0. The van der Waals surface area contributed by atoms with Gasteiger partial charge in [0.2, 0.25) is 0 Å². The van der Waals surface area contributed by atoms with Crippen molar-refractivity contribution >= 4 is 27.4 Å². The number of hydrogen-bond donors (Lipinski definition) is 1. The lowest BCUT2D eigenvalue weighted by Crippen LogP contribution is -1.92. The summed E-state index contributed by atoms with van der Waals surface area (Å²) in [5, 5.41) is 19.2. The van der Waals surface area contributed by atoms with Gasteiger partial charge in [0.05, 0.1) is 18.0 Å². The summed E-state index contributed by atoms with van der Waals surface area (Å²) in [5.41, 5.74) is 2.22. The summed E-state index contributed by atoms with van der Waals surface area (Å²) in [5.74, 6) is 1.23. The third-order valence-corrected chi connectivity index (χ3v) is 5.20. The standard InChI is InChI=1S/C20H17N5O2S/c1-2-27-15-8-4-3-7-14(15)18-17(26)16-19(28-18)20(23-12-22-16)25-24-11-13-6-5-9-21-10-13/h3-10,12,26H,2,11H2,1H3. The molecule has 0 aliphatic rings. The first-order valence-corrected chi connectivity index (χ1v) is 9.54. The van der Waals surface area contributed by atoms with Gasteiger partial charge in [-0.15, -0.1) is 16.5 Å². The number of ether oxygens (including phenoxy) is 1. The fourth-order valence-corrected chi connectivity index (χ4v) is 3.86. The van der Waals surface area contributed by atoms with Crippen LogP contribution in [-0.2, 0) is 6.54 Å². The van der Waals surface area contributed by atoms with Gasteiger partial charge in [0.1, 0.15) is 22.3 Å². The van der Waals surface area contributed by atoms with E-state index in [-0.39, 0.29) is 5.75 Å². The molecule has 3 heterocycles. The van der Waals surface area contributed by atoms with Gasteiger partial charge in [-0.2, -0.15) is 5.11 Å². The number of hydrogen-bond acceptors (Lipinski definition) is 8. The second kappa shape index (κ2) is 8.10. The van der Waals surface area contributed by atoms with Gasteiger partial charge in [-0.25, -0.2) is 9.97 Å². The number of rotatable bonds is 6. The number of benzene rings is 1. The number of pyridine rings is 1. The Kier molecular flexibility index (Phi) is 5.20. The molecule has 0 radical (unpaired) electrons. The largest absolute Gasteiger partial charge is 0.504 e. The fourth-order valence-electron chi connectivity index (χ4n) is 2.75.